The Morgan fingerprint density at radius 3 is 2.40 bits per heavy atom. The van der Waals surface area contributed by atoms with Crippen LogP contribution in [0.15, 0.2) is 56.6 Å². The van der Waals surface area contributed by atoms with Crippen LogP contribution in [0.5, 0.6) is 0 Å². The third kappa shape index (κ3) is 3.25. The molecule has 132 valence electrons. The van der Waals surface area contributed by atoms with Gasteiger partial charge < -0.3 is 9.32 Å². The Labute approximate surface area is 145 Å². The molecule has 8 heteroatoms. The van der Waals surface area contributed by atoms with Gasteiger partial charge in [0, 0.05) is 38.1 Å². The monoisotopic (exact) mass is 361 g/mol. The van der Waals surface area contributed by atoms with E-state index in [4.69, 9.17) is 4.42 Å². The van der Waals surface area contributed by atoms with Crippen molar-refractivity contribution < 1.29 is 12.8 Å². The zero-order valence-corrected chi connectivity index (χ0v) is 15.0. The van der Waals surface area contributed by atoms with Gasteiger partial charge in [-0.2, -0.15) is 0 Å². The molecule has 0 fully saturated rings. The summed E-state index contributed by atoms with van der Waals surface area (Å²) >= 11 is 0. The molecule has 0 aliphatic rings. The van der Waals surface area contributed by atoms with Crippen molar-refractivity contribution in [2.75, 3.05) is 23.7 Å². The van der Waals surface area contributed by atoms with Crippen molar-refractivity contribution in [1.29, 1.82) is 0 Å². The van der Waals surface area contributed by atoms with E-state index in [0.29, 0.717) is 17.7 Å². The fourth-order valence-electron chi connectivity index (χ4n) is 2.55. The summed E-state index contributed by atoms with van der Waals surface area (Å²) < 4.78 is 34.3. The zero-order valence-electron chi connectivity index (χ0n) is 14.2. The van der Waals surface area contributed by atoms with Crippen LogP contribution in [0.4, 0.5) is 11.4 Å². The van der Waals surface area contributed by atoms with Crippen LogP contribution in [0.1, 0.15) is 6.92 Å². The van der Waals surface area contributed by atoms with Crippen LogP contribution in [-0.2, 0) is 16.6 Å². The number of aromatic nitrogens is 1. The maximum absolute atomic E-state index is 12.6. The van der Waals surface area contributed by atoms with Gasteiger partial charge in [-0.25, -0.2) is 13.2 Å². The lowest BCUT2D eigenvalue weighted by Gasteiger charge is -2.13. The predicted molar refractivity (Wildman–Crippen MR) is 97.7 cm³/mol. The van der Waals surface area contributed by atoms with Gasteiger partial charge in [0.2, 0.25) is 0 Å². The zero-order chi connectivity index (χ0) is 18.2. The Balaban J connectivity index is 1.94. The first-order valence-electron chi connectivity index (χ1n) is 7.75. The first-order chi connectivity index (χ1) is 11.8. The average Bonchev–Trinajstić information content (AvgIpc) is 2.89. The predicted octanol–water partition coefficient (Wildman–Crippen LogP) is 2.48. The first-order valence-corrected chi connectivity index (χ1v) is 9.24. The molecule has 0 amide bonds. The maximum atomic E-state index is 12.6. The number of oxazole rings is 1. The molecule has 0 saturated heterocycles. The van der Waals surface area contributed by atoms with Crippen molar-refractivity contribution in [3.8, 4) is 0 Å². The average molecular weight is 361 g/mol. The van der Waals surface area contributed by atoms with Crippen LogP contribution in [0, 0.1) is 0 Å². The van der Waals surface area contributed by atoms with Crippen LogP contribution >= 0.6 is 0 Å². The third-order valence-electron chi connectivity index (χ3n) is 3.90. The largest absolute Gasteiger partial charge is 0.419 e. The minimum Gasteiger partial charge on any atom is -0.408 e. The second-order valence-electron chi connectivity index (χ2n) is 5.79. The summed E-state index contributed by atoms with van der Waals surface area (Å²) in [5, 5.41) is 0. The number of nitrogens with zero attached hydrogens (tertiary/aromatic N) is 2. The van der Waals surface area contributed by atoms with Gasteiger partial charge in [0.1, 0.15) is 0 Å². The topological polar surface area (TPSA) is 84.5 Å². The SMILES string of the molecule is CCn1c(=O)oc2cc(S(=O)(=O)Nc3ccc(N(C)C)cc3)ccc21. The molecule has 0 aliphatic heterocycles. The molecule has 0 aliphatic carbocycles. The third-order valence-corrected chi connectivity index (χ3v) is 5.28. The van der Waals surface area contributed by atoms with Gasteiger partial charge in [0.25, 0.3) is 10.0 Å². The molecule has 7 nitrogen and oxygen atoms in total. The molecule has 0 radical (unpaired) electrons. The van der Waals surface area contributed by atoms with Gasteiger partial charge in [-0.15, -0.1) is 0 Å². The second kappa shape index (κ2) is 6.29. The fraction of sp³-hybridized carbons (Fsp3) is 0.235. The number of nitrogens with one attached hydrogen (secondary N) is 1. The highest BCUT2D eigenvalue weighted by molar-refractivity contribution is 7.92. The van der Waals surface area contributed by atoms with Crippen molar-refractivity contribution >= 4 is 32.5 Å². The van der Waals surface area contributed by atoms with Crippen LogP contribution in [-0.4, -0.2) is 27.1 Å². The second-order valence-corrected chi connectivity index (χ2v) is 7.47. The summed E-state index contributed by atoms with van der Waals surface area (Å²) in [7, 11) is 0.0316. The quantitative estimate of drug-likeness (QED) is 0.755. The van der Waals surface area contributed by atoms with Crippen LogP contribution in [0.3, 0.4) is 0 Å². The van der Waals surface area contributed by atoms with Crippen molar-refractivity contribution in [3.05, 3.63) is 53.0 Å². The fourth-order valence-corrected chi connectivity index (χ4v) is 3.63. The van der Waals surface area contributed by atoms with E-state index in [1.54, 1.807) is 18.2 Å². The minimum atomic E-state index is -3.78. The molecule has 0 atom stereocenters. The molecular formula is C17H19N3O4S. The standard InChI is InChI=1S/C17H19N3O4S/c1-4-20-15-10-9-14(11-16(15)24-17(20)21)25(22,23)18-12-5-7-13(8-6-12)19(2)3/h5-11,18H,4H2,1-3H3. The molecule has 1 aromatic heterocycles. The van der Waals surface area contributed by atoms with Gasteiger partial charge >= 0.3 is 5.76 Å². The highest BCUT2D eigenvalue weighted by atomic mass is 32.2. The Hall–Kier alpha value is -2.74. The van der Waals surface area contributed by atoms with Gasteiger partial charge in [0.05, 0.1) is 10.4 Å². The van der Waals surface area contributed by atoms with Crippen molar-refractivity contribution in [1.82, 2.24) is 4.57 Å². The van der Waals surface area contributed by atoms with Crippen molar-refractivity contribution in [2.45, 2.75) is 18.4 Å². The minimum absolute atomic E-state index is 0.0358. The summed E-state index contributed by atoms with van der Waals surface area (Å²) in [5.41, 5.74) is 2.24. The van der Waals surface area contributed by atoms with Gasteiger partial charge in [-0.3, -0.25) is 9.29 Å². The molecule has 3 rings (SSSR count). The van der Waals surface area contributed by atoms with Crippen LogP contribution < -0.4 is 15.4 Å². The smallest absolute Gasteiger partial charge is 0.408 e. The highest BCUT2D eigenvalue weighted by Crippen LogP contribution is 2.22. The van der Waals surface area contributed by atoms with E-state index in [9.17, 15) is 13.2 Å². The van der Waals surface area contributed by atoms with E-state index in [-0.39, 0.29) is 10.5 Å². The van der Waals surface area contributed by atoms with E-state index in [1.807, 2.05) is 38.1 Å². The van der Waals surface area contributed by atoms with Crippen LogP contribution in [0.25, 0.3) is 11.1 Å². The van der Waals surface area contributed by atoms with Gasteiger partial charge in [-0.1, -0.05) is 0 Å². The number of anilines is 2. The summed E-state index contributed by atoms with van der Waals surface area (Å²) in [5.74, 6) is -0.501. The lowest BCUT2D eigenvalue weighted by atomic mass is 10.3. The van der Waals surface area contributed by atoms with E-state index in [2.05, 4.69) is 4.72 Å². The van der Waals surface area contributed by atoms with E-state index >= 15 is 0 Å². The Kier molecular flexibility index (Phi) is 4.30. The van der Waals surface area contributed by atoms with Crippen molar-refractivity contribution in [3.63, 3.8) is 0 Å². The maximum Gasteiger partial charge on any atom is 0.419 e. The number of sulfonamides is 1. The molecule has 1 heterocycles. The normalized spacial score (nSPS) is 11.6. The van der Waals surface area contributed by atoms with Gasteiger partial charge in [0.15, 0.2) is 5.58 Å². The van der Waals surface area contributed by atoms with Crippen molar-refractivity contribution in [2.24, 2.45) is 0 Å². The summed E-state index contributed by atoms with van der Waals surface area (Å²) in [4.78, 5) is 13.7. The Bertz CT molecular complexity index is 1060. The highest BCUT2D eigenvalue weighted by Gasteiger charge is 2.17. The molecule has 0 saturated carbocycles. The number of benzene rings is 2. The van der Waals surface area contributed by atoms with Crippen LogP contribution in [0.2, 0.25) is 0 Å². The molecule has 2 aromatic carbocycles. The van der Waals surface area contributed by atoms with E-state index in [0.717, 1.165) is 5.69 Å². The Morgan fingerprint density at radius 1 is 1.12 bits per heavy atom. The lowest BCUT2D eigenvalue weighted by molar-refractivity contribution is 0.512. The number of hydrogen-bond acceptors (Lipinski definition) is 5. The van der Waals surface area contributed by atoms with Gasteiger partial charge in [-0.05, 0) is 43.3 Å². The molecule has 0 bridgehead atoms. The molecular weight excluding hydrogens is 342 g/mol. The molecule has 0 unspecified atom stereocenters. The summed E-state index contributed by atoms with van der Waals surface area (Å²) in [6.45, 7) is 2.27. The number of hydrogen-bond donors (Lipinski definition) is 1. The summed E-state index contributed by atoms with van der Waals surface area (Å²) in [6.07, 6.45) is 0. The molecule has 1 N–H and O–H groups in total. The Morgan fingerprint density at radius 2 is 1.80 bits per heavy atom. The van der Waals surface area contributed by atoms with E-state index in [1.165, 1.54) is 16.7 Å². The number of fused-ring (bicyclic) bond motifs is 1. The number of rotatable bonds is 5. The molecule has 0 spiro atoms. The number of aryl methyl sites for hydroxylation is 1. The molecule has 25 heavy (non-hydrogen) atoms. The first kappa shape index (κ1) is 17.1. The van der Waals surface area contributed by atoms with E-state index < -0.39 is 15.8 Å². The summed E-state index contributed by atoms with van der Waals surface area (Å²) in [6, 6.07) is 11.4. The lowest BCUT2D eigenvalue weighted by Crippen LogP contribution is -2.13. The molecule has 3 aromatic rings.